The molecule has 2 fully saturated rings. The molecule has 1 atom stereocenters. The number of hydrogen-bond donors (Lipinski definition) is 0. The highest BCUT2D eigenvalue weighted by Gasteiger charge is 2.41. The summed E-state index contributed by atoms with van der Waals surface area (Å²) < 4.78 is 21.2. The van der Waals surface area contributed by atoms with Gasteiger partial charge in [-0.3, -0.25) is 9.36 Å². The molecule has 2 aliphatic heterocycles. The van der Waals surface area contributed by atoms with Crippen molar-refractivity contribution in [1.82, 2.24) is 19.5 Å². The molecule has 0 unspecified atom stereocenters. The largest absolute Gasteiger partial charge is 0.378 e. The lowest BCUT2D eigenvalue weighted by molar-refractivity contribution is 0.0976. The Balaban J connectivity index is 1.32. The fourth-order valence-electron chi connectivity index (χ4n) is 5.03. The van der Waals surface area contributed by atoms with Crippen LogP contribution in [0.1, 0.15) is 40.0 Å². The van der Waals surface area contributed by atoms with Gasteiger partial charge in [-0.25, -0.2) is 19.3 Å². The number of fused-ring (bicyclic) bond motifs is 1. The first kappa shape index (κ1) is 24.5. The molecule has 35 heavy (non-hydrogen) atoms. The Bertz CT molecular complexity index is 1290. The van der Waals surface area contributed by atoms with Crippen molar-refractivity contribution in [1.29, 1.82) is 0 Å². The zero-order chi connectivity index (χ0) is 24.8. The molecule has 0 bridgehead atoms. The lowest BCUT2D eigenvalue weighted by Gasteiger charge is -2.38. The van der Waals surface area contributed by atoms with E-state index in [2.05, 4.69) is 26.8 Å². The monoisotopic (exact) mass is 517 g/mol. The molecule has 3 aromatic rings. The highest BCUT2D eigenvalue weighted by molar-refractivity contribution is 7.99. The predicted molar refractivity (Wildman–Crippen MR) is 136 cm³/mol. The van der Waals surface area contributed by atoms with Gasteiger partial charge in [-0.1, -0.05) is 23.4 Å². The SMILES string of the molecule is C[C@H]1CC2(CCN(c3cnc(Sc4ccc5ncn(CC(C)(C)F)c(=O)c5c4Cl)cn3)CC2)CO1. The highest BCUT2D eigenvalue weighted by atomic mass is 35.5. The number of benzene rings is 1. The predicted octanol–water partition coefficient (Wildman–Crippen LogP) is 5.13. The Morgan fingerprint density at radius 2 is 2.00 bits per heavy atom. The highest BCUT2D eigenvalue weighted by Crippen LogP contribution is 2.42. The van der Waals surface area contributed by atoms with Crippen LogP contribution in [0.3, 0.4) is 0 Å². The van der Waals surface area contributed by atoms with Crippen molar-refractivity contribution in [2.75, 3.05) is 24.6 Å². The normalized spacial score (nSPS) is 20.1. The minimum absolute atomic E-state index is 0.0981. The summed E-state index contributed by atoms with van der Waals surface area (Å²) >= 11 is 7.96. The average molecular weight is 518 g/mol. The van der Waals surface area contributed by atoms with Crippen LogP contribution in [-0.4, -0.2) is 51.0 Å². The molecule has 0 N–H and O–H groups in total. The van der Waals surface area contributed by atoms with Crippen molar-refractivity contribution in [2.24, 2.45) is 5.41 Å². The van der Waals surface area contributed by atoms with E-state index in [1.54, 1.807) is 18.5 Å². The molecule has 2 aliphatic rings. The van der Waals surface area contributed by atoms with Crippen LogP contribution in [0.5, 0.6) is 0 Å². The third-order valence-electron chi connectivity index (χ3n) is 6.81. The second-order valence-electron chi connectivity index (χ2n) is 10.3. The molecule has 7 nitrogen and oxygen atoms in total. The van der Waals surface area contributed by atoms with Gasteiger partial charge < -0.3 is 9.64 Å². The number of aromatic nitrogens is 4. The maximum atomic E-state index is 14.1. The summed E-state index contributed by atoms with van der Waals surface area (Å²) in [5.74, 6) is 0.863. The van der Waals surface area contributed by atoms with E-state index in [1.165, 1.54) is 36.5 Å². The maximum absolute atomic E-state index is 14.1. The number of rotatable bonds is 5. The summed E-state index contributed by atoms with van der Waals surface area (Å²) in [4.78, 5) is 29.5. The minimum Gasteiger partial charge on any atom is -0.378 e. The van der Waals surface area contributed by atoms with Crippen LogP contribution in [0, 0.1) is 5.41 Å². The Hall–Kier alpha value is -2.23. The van der Waals surface area contributed by atoms with Crippen LogP contribution < -0.4 is 10.5 Å². The van der Waals surface area contributed by atoms with Gasteiger partial charge in [0, 0.05) is 18.0 Å². The van der Waals surface area contributed by atoms with E-state index < -0.39 is 5.67 Å². The quantitative estimate of drug-likeness (QED) is 0.464. The van der Waals surface area contributed by atoms with Crippen LogP contribution in [0.4, 0.5) is 10.2 Å². The van der Waals surface area contributed by atoms with E-state index in [1.807, 2.05) is 6.07 Å². The standard InChI is InChI=1S/C25H29ClFN5O2S/c1-16-10-25(14-34-16)6-8-31(9-7-25)19-11-29-20(12-28-19)35-18-5-4-17-21(22(18)26)23(33)32(15-30-17)13-24(2,3)27/h4-5,11-12,15-16H,6-10,13-14H2,1-3H3/t16-/m0/s1. The van der Waals surface area contributed by atoms with Gasteiger partial charge in [-0.2, -0.15) is 0 Å². The van der Waals surface area contributed by atoms with Crippen LogP contribution in [0.2, 0.25) is 5.02 Å². The lowest BCUT2D eigenvalue weighted by atomic mass is 9.77. The number of ether oxygens (including phenoxy) is 1. The number of hydrogen-bond acceptors (Lipinski definition) is 7. The molecule has 2 aromatic heterocycles. The summed E-state index contributed by atoms with van der Waals surface area (Å²) in [7, 11) is 0. The molecule has 186 valence electrons. The smallest absolute Gasteiger partial charge is 0.262 e. The lowest BCUT2D eigenvalue weighted by Crippen LogP contribution is -2.41. The fraction of sp³-hybridized carbons (Fsp3) is 0.520. The molecule has 10 heteroatoms. The summed E-state index contributed by atoms with van der Waals surface area (Å²) in [5, 5.41) is 1.24. The first-order valence-electron chi connectivity index (χ1n) is 11.9. The number of nitrogens with zero attached hydrogens (tertiary/aromatic N) is 5. The summed E-state index contributed by atoms with van der Waals surface area (Å²) in [6, 6.07) is 3.56. The molecule has 1 spiro atoms. The first-order chi connectivity index (χ1) is 16.6. The zero-order valence-corrected chi connectivity index (χ0v) is 21.7. The Morgan fingerprint density at radius 1 is 1.23 bits per heavy atom. The number of halogens is 2. The van der Waals surface area contributed by atoms with Crippen molar-refractivity contribution < 1.29 is 9.13 Å². The summed E-state index contributed by atoms with van der Waals surface area (Å²) in [6.45, 7) is 7.66. The Kier molecular flexibility index (Phi) is 6.52. The van der Waals surface area contributed by atoms with Gasteiger partial charge in [0.1, 0.15) is 16.5 Å². The van der Waals surface area contributed by atoms with Crippen molar-refractivity contribution in [3.8, 4) is 0 Å². The first-order valence-corrected chi connectivity index (χ1v) is 13.1. The summed E-state index contributed by atoms with van der Waals surface area (Å²) in [6.07, 6.45) is 8.59. The Labute approximate surface area is 213 Å². The van der Waals surface area contributed by atoms with E-state index in [-0.39, 0.29) is 22.5 Å². The Morgan fingerprint density at radius 3 is 2.63 bits per heavy atom. The van der Waals surface area contributed by atoms with Gasteiger partial charge in [0.2, 0.25) is 0 Å². The zero-order valence-electron chi connectivity index (χ0n) is 20.1. The van der Waals surface area contributed by atoms with Gasteiger partial charge in [0.25, 0.3) is 5.56 Å². The van der Waals surface area contributed by atoms with Crippen molar-refractivity contribution in [3.63, 3.8) is 0 Å². The topological polar surface area (TPSA) is 73.1 Å². The molecule has 5 rings (SSSR count). The third-order valence-corrected chi connectivity index (χ3v) is 8.30. The van der Waals surface area contributed by atoms with E-state index >= 15 is 0 Å². The molecule has 0 aliphatic carbocycles. The van der Waals surface area contributed by atoms with Gasteiger partial charge in [-0.05, 0) is 57.6 Å². The number of piperidine rings is 1. The molecular formula is C25H29ClFN5O2S. The van der Waals surface area contributed by atoms with E-state index in [9.17, 15) is 9.18 Å². The number of alkyl halides is 1. The molecule has 0 amide bonds. The van der Waals surface area contributed by atoms with Crippen LogP contribution in [0.15, 0.2) is 45.6 Å². The molecule has 2 saturated heterocycles. The van der Waals surface area contributed by atoms with E-state index in [0.29, 0.717) is 27.0 Å². The number of anilines is 1. The average Bonchev–Trinajstić information content (AvgIpc) is 3.17. The van der Waals surface area contributed by atoms with Gasteiger partial charge >= 0.3 is 0 Å². The van der Waals surface area contributed by atoms with Crippen molar-refractivity contribution in [3.05, 3.63) is 46.2 Å². The van der Waals surface area contributed by atoms with Gasteiger partial charge in [-0.15, -0.1) is 0 Å². The molecule has 0 radical (unpaired) electrons. The molecular weight excluding hydrogens is 489 g/mol. The fourth-order valence-corrected chi connectivity index (χ4v) is 6.15. The minimum atomic E-state index is -1.55. The van der Waals surface area contributed by atoms with E-state index in [4.69, 9.17) is 16.3 Å². The molecule has 0 saturated carbocycles. The van der Waals surface area contributed by atoms with Crippen LogP contribution in [0.25, 0.3) is 10.9 Å². The third kappa shape index (κ3) is 5.17. The molecule has 1 aromatic carbocycles. The second kappa shape index (κ2) is 9.33. The van der Waals surface area contributed by atoms with Crippen LogP contribution in [-0.2, 0) is 11.3 Å². The molecule has 4 heterocycles. The van der Waals surface area contributed by atoms with Crippen molar-refractivity contribution >= 4 is 40.1 Å². The maximum Gasteiger partial charge on any atom is 0.262 e. The second-order valence-corrected chi connectivity index (χ2v) is 11.7. The van der Waals surface area contributed by atoms with Crippen molar-refractivity contribution in [2.45, 2.75) is 68.3 Å². The summed E-state index contributed by atoms with van der Waals surface area (Å²) in [5.41, 5.74) is -1.12. The van der Waals surface area contributed by atoms with Crippen LogP contribution >= 0.6 is 23.4 Å². The van der Waals surface area contributed by atoms with Gasteiger partial charge in [0.15, 0.2) is 0 Å². The van der Waals surface area contributed by atoms with E-state index in [0.717, 1.165) is 44.8 Å². The van der Waals surface area contributed by atoms with Gasteiger partial charge in [0.05, 0.1) is 53.9 Å².